The molecule has 3 unspecified atom stereocenters. The molecular weight excluding hydrogens is 637 g/mol. The average molecular weight is 687 g/mol. The van der Waals surface area contributed by atoms with E-state index in [2.05, 4.69) is 93.1 Å². The van der Waals surface area contributed by atoms with E-state index in [1.165, 1.54) is 45.5 Å². The molecule has 1 fully saturated rings. The summed E-state index contributed by atoms with van der Waals surface area (Å²) in [4.78, 5) is 0. The largest absolute Gasteiger partial charge is 0.573 e. The lowest BCUT2D eigenvalue weighted by Gasteiger charge is -2.40. The van der Waals surface area contributed by atoms with E-state index in [-0.39, 0.29) is 28.9 Å². The highest BCUT2D eigenvalue weighted by Crippen LogP contribution is 2.47. The standard InChI is InChI=1S/C43H49F3O4/c1-5-42(27-48-28-42)26-47-22-8-6-7-9-23-49-36-16-10-32(11-17-36)29(2)34-14-20-38-39-21-15-35(25-41(39)31(4)40(38)24-34)30(3)33-12-18-37(19-13-33)50-43(44,45)46/h10-21,24-25,29-31H,5-9,22-23,26-28H2,1-4H3. The summed E-state index contributed by atoms with van der Waals surface area (Å²) in [5, 5.41) is 0. The van der Waals surface area contributed by atoms with Crippen molar-refractivity contribution in [1.82, 2.24) is 0 Å². The lowest BCUT2D eigenvalue weighted by molar-refractivity contribution is -0.274. The molecule has 1 aliphatic heterocycles. The molecule has 0 amide bonds. The van der Waals surface area contributed by atoms with Crippen LogP contribution in [0.4, 0.5) is 13.2 Å². The van der Waals surface area contributed by atoms with Crippen molar-refractivity contribution in [3.05, 3.63) is 118 Å². The number of alkyl halides is 3. The highest BCUT2D eigenvalue weighted by molar-refractivity contribution is 5.79. The van der Waals surface area contributed by atoms with Gasteiger partial charge in [-0.05, 0) is 94.5 Å². The Morgan fingerprint density at radius 3 is 1.68 bits per heavy atom. The predicted molar refractivity (Wildman–Crippen MR) is 192 cm³/mol. The van der Waals surface area contributed by atoms with Gasteiger partial charge in [-0.1, -0.05) is 94.8 Å². The Morgan fingerprint density at radius 1 is 0.700 bits per heavy atom. The molecule has 4 aromatic rings. The summed E-state index contributed by atoms with van der Waals surface area (Å²) in [6.07, 6.45) is 0.840. The SMILES string of the molecule is CCC1(COCCCCCCOc2ccc(C(C)c3ccc4c(c3)C(C)c3cc(C(C)c5ccc(OC(F)(F)F)cc5)ccc3-4)cc2)COC1. The molecule has 0 aromatic heterocycles. The van der Waals surface area contributed by atoms with E-state index in [1.807, 2.05) is 0 Å². The lowest BCUT2D eigenvalue weighted by Crippen LogP contribution is -2.45. The van der Waals surface area contributed by atoms with Crippen LogP contribution in [-0.4, -0.2) is 39.4 Å². The monoisotopic (exact) mass is 686 g/mol. The van der Waals surface area contributed by atoms with Crippen molar-refractivity contribution in [1.29, 1.82) is 0 Å². The topological polar surface area (TPSA) is 36.9 Å². The van der Waals surface area contributed by atoms with Gasteiger partial charge in [-0.25, -0.2) is 0 Å². The van der Waals surface area contributed by atoms with Crippen molar-refractivity contribution in [2.75, 3.05) is 33.0 Å². The second kappa shape index (κ2) is 15.6. The van der Waals surface area contributed by atoms with E-state index < -0.39 is 6.36 Å². The van der Waals surface area contributed by atoms with Crippen LogP contribution in [0.15, 0.2) is 84.9 Å². The maximum Gasteiger partial charge on any atom is 0.573 e. The van der Waals surface area contributed by atoms with Crippen LogP contribution in [0.5, 0.6) is 11.5 Å². The molecule has 0 radical (unpaired) electrons. The molecule has 3 atom stereocenters. The molecule has 6 rings (SSSR count). The number of halogens is 3. The molecule has 1 aliphatic carbocycles. The van der Waals surface area contributed by atoms with Crippen LogP contribution in [-0.2, 0) is 9.47 Å². The van der Waals surface area contributed by atoms with E-state index in [0.29, 0.717) is 0 Å². The quantitative estimate of drug-likeness (QED) is 0.110. The van der Waals surface area contributed by atoms with Crippen molar-refractivity contribution in [3.8, 4) is 22.6 Å². The minimum atomic E-state index is -4.70. The Morgan fingerprint density at radius 2 is 1.20 bits per heavy atom. The molecular formula is C43H49F3O4. The number of ether oxygens (including phenoxy) is 4. The third-order valence-corrected chi connectivity index (χ3v) is 10.8. The Labute approximate surface area is 294 Å². The lowest BCUT2D eigenvalue weighted by atomic mass is 9.84. The van der Waals surface area contributed by atoms with Crippen LogP contribution >= 0.6 is 0 Å². The Hall–Kier alpha value is -3.81. The third-order valence-electron chi connectivity index (χ3n) is 10.8. The van der Waals surface area contributed by atoms with E-state index in [4.69, 9.17) is 14.2 Å². The summed E-state index contributed by atoms with van der Waals surface area (Å²) in [6, 6.07) is 28.1. The van der Waals surface area contributed by atoms with Gasteiger partial charge in [0.15, 0.2) is 0 Å². The smallest absolute Gasteiger partial charge is 0.494 e. The van der Waals surface area contributed by atoms with Crippen LogP contribution in [0.1, 0.15) is 111 Å². The summed E-state index contributed by atoms with van der Waals surface area (Å²) in [7, 11) is 0. The number of benzene rings is 4. The first-order valence-electron chi connectivity index (χ1n) is 18.1. The van der Waals surface area contributed by atoms with E-state index >= 15 is 0 Å². The Kier molecular flexibility index (Phi) is 11.2. The van der Waals surface area contributed by atoms with E-state index in [1.54, 1.807) is 12.1 Å². The van der Waals surface area contributed by atoms with Gasteiger partial charge < -0.3 is 18.9 Å². The van der Waals surface area contributed by atoms with Crippen LogP contribution in [0.25, 0.3) is 11.1 Å². The summed E-state index contributed by atoms with van der Waals surface area (Å²) < 4.78 is 59.2. The molecule has 1 heterocycles. The maximum atomic E-state index is 12.6. The van der Waals surface area contributed by atoms with Crippen molar-refractivity contribution in [2.45, 2.75) is 83.9 Å². The average Bonchev–Trinajstić information content (AvgIpc) is 3.38. The molecule has 50 heavy (non-hydrogen) atoms. The molecule has 266 valence electrons. The molecule has 0 spiro atoms. The van der Waals surface area contributed by atoms with Crippen molar-refractivity contribution >= 4 is 0 Å². The van der Waals surface area contributed by atoms with Crippen molar-refractivity contribution < 1.29 is 32.1 Å². The summed E-state index contributed by atoms with van der Waals surface area (Å²) >= 11 is 0. The van der Waals surface area contributed by atoms with Gasteiger partial charge in [-0.2, -0.15) is 0 Å². The van der Waals surface area contributed by atoms with E-state index in [0.717, 1.165) is 82.0 Å². The van der Waals surface area contributed by atoms with Gasteiger partial charge in [0.05, 0.1) is 26.4 Å². The Bertz CT molecular complexity index is 1700. The fourth-order valence-corrected chi connectivity index (χ4v) is 7.19. The van der Waals surface area contributed by atoms with Crippen LogP contribution in [0.3, 0.4) is 0 Å². The van der Waals surface area contributed by atoms with Gasteiger partial charge in [-0.3, -0.25) is 0 Å². The molecule has 0 saturated carbocycles. The second-order valence-corrected chi connectivity index (χ2v) is 14.2. The predicted octanol–water partition coefficient (Wildman–Crippen LogP) is 11.4. The summed E-state index contributed by atoms with van der Waals surface area (Å²) in [5.74, 6) is 1.19. The molecule has 0 N–H and O–H groups in total. The summed E-state index contributed by atoms with van der Waals surface area (Å²) in [6.45, 7) is 12.8. The van der Waals surface area contributed by atoms with Crippen LogP contribution in [0, 0.1) is 5.41 Å². The fourth-order valence-electron chi connectivity index (χ4n) is 7.19. The molecule has 4 aromatic carbocycles. The molecule has 7 heteroatoms. The normalized spacial score (nSPS) is 17.4. The minimum Gasteiger partial charge on any atom is -0.494 e. The first kappa shape index (κ1) is 36.0. The molecule has 4 nitrogen and oxygen atoms in total. The molecule has 1 saturated heterocycles. The maximum absolute atomic E-state index is 12.6. The zero-order valence-corrected chi connectivity index (χ0v) is 29.7. The van der Waals surface area contributed by atoms with Gasteiger partial charge in [0.25, 0.3) is 0 Å². The number of fused-ring (bicyclic) bond motifs is 3. The van der Waals surface area contributed by atoms with Gasteiger partial charge in [0.1, 0.15) is 11.5 Å². The van der Waals surface area contributed by atoms with Crippen LogP contribution in [0.2, 0.25) is 0 Å². The number of hydrogen-bond acceptors (Lipinski definition) is 4. The van der Waals surface area contributed by atoms with Gasteiger partial charge in [-0.15, -0.1) is 13.2 Å². The van der Waals surface area contributed by atoms with Crippen LogP contribution < -0.4 is 9.47 Å². The highest BCUT2D eigenvalue weighted by atomic mass is 19.4. The zero-order valence-electron chi connectivity index (χ0n) is 29.7. The minimum absolute atomic E-state index is 0.0232. The zero-order chi connectivity index (χ0) is 35.3. The first-order valence-corrected chi connectivity index (χ1v) is 18.1. The van der Waals surface area contributed by atoms with Gasteiger partial charge >= 0.3 is 6.36 Å². The third kappa shape index (κ3) is 8.38. The number of unbranched alkanes of at least 4 members (excludes halogenated alkanes) is 3. The van der Waals surface area contributed by atoms with E-state index in [9.17, 15) is 13.2 Å². The van der Waals surface area contributed by atoms with Gasteiger partial charge in [0.2, 0.25) is 0 Å². The Balaban J connectivity index is 0.991. The number of rotatable bonds is 16. The highest BCUT2D eigenvalue weighted by Gasteiger charge is 2.37. The second-order valence-electron chi connectivity index (χ2n) is 14.2. The fraction of sp³-hybridized carbons (Fsp3) is 0.442. The van der Waals surface area contributed by atoms with Crippen molar-refractivity contribution in [3.63, 3.8) is 0 Å². The number of hydrogen-bond donors (Lipinski definition) is 0. The van der Waals surface area contributed by atoms with Crippen molar-refractivity contribution in [2.24, 2.45) is 5.41 Å². The van der Waals surface area contributed by atoms with Gasteiger partial charge in [0, 0.05) is 29.8 Å². The molecule has 2 aliphatic rings. The summed E-state index contributed by atoms with van der Waals surface area (Å²) in [5.41, 5.74) is 9.99. The molecule has 0 bridgehead atoms. The first-order chi connectivity index (χ1) is 24.1.